The van der Waals surface area contributed by atoms with Crippen molar-refractivity contribution in [2.75, 3.05) is 0 Å². The molecule has 0 N–H and O–H groups in total. The van der Waals surface area contributed by atoms with Gasteiger partial charge in [-0.3, -0.25) is 4.98 Å². The summed E-state index contributed by atoms with van der Waals surface area (Å²) in [7, 11) is 0. The van der Waals surface area contributed by atoms with Crippen LogP contribution in [0.1, 0.15) is 29.0 Å². The number of aromatic nitrogens is 2. The van der Waals surface area contributed by atoms with Crippen LogP contribution in [0.4, 0.5) is 0 Å². The first-order valence-electron chi connectivity index (χ1n) is 9.47. The number of hydrogen-bond acceptors (Lipinski definition) is 4. The molecule has 0 saturated carbocycles. The van der Waals surface area contributed by atoms with Crippen molar-refractivity contribution >= 4 is 43.5 Å². The van der Waals surface area contributed by atoms with E-state index in [1.807, 2.05) is 30.5 Å². The summed E-state index contributed by atoms with van der Waals surface area (Å²) in [5.41, 5.74) is 6.11. The Morgan fingerprint density at radius 3 is 2.89 bits per heavy atom. The van der Waals surface area contributed by atoms with E-state index in [1.54, 1.807) is 10.4 Å². The minimum atomic E-state index is 0.700. The predicted octanol–water partition coefficient (Wildman–Crippen LogP) is 6.44. The van der Waals surface area contributed by atoms with Gasteiger partial charge in [-0.2, -0.15) is 0 Å². The summed E-state index contributed by atoms with van der Waals surface area (Å²) in [4.78, 5) is 10.9. The van der Waals surface area contributed by atoms with Crippen LogP contribution in [0.25, 0.3) is 43.4 Å². The van der Waals surface area contributed by atoms with Crippen molar-refractivity contribution < 1.29 is 4.42 Å². The highest BCUT2D eigenvalue weighted by molar-refractivity contribution is 7.19. The number of para-hydroxylation sites is 1. The molecule has 5 aromatic rings. The zero-order valence-electron chi connectivity index (χ0n) is 15.1. The highest BCUT2D eigenvalue weighted by Crippen LogP contribution is 2.39. The summed E-state index contributed by atoms with van der Waals surface area (Å²) in [5, 5.41) is 3.54. The van der Waals surface area contributed by atoms with Crippen LogP contribution in [0.3, 0.4) is 0 Å². The number of pyridine rings is 2. The van der Waals surface area contributed by atoms with Crippen molar-refractivity contribution in [3.05, 3.63) is 58.7 Å². The maximum Gasteiger partial charge on any atom is 0.227 e. The lowest BCUT2D eigenvalue weighted by atomic mass is 9.96. The molecule has 0 radical (unpaired) electrons. The molecular formula is C23H18N2OS. The number of aryl methyl sites for hydroxylation is 3. The second-order valence-corrected chi connectivity index (χ2v) is 8.50. The molecule has 0 atom stereocenters. The molecule has 3 nitrogen and oxygen atoms in total. The first-order valence-corrected chi connectivity index (χ1v) is 10.3. The van der Waals surface area contributed by atoms with Crippen LogP contribution >= 0.6 is 11.3 Å². The van der Waals surface area contributed by atoms with Crippen molar-refractivity contribution in [3.63, 3.8) is 0 Å². The zero-order valence-corrected chi connectivity index (χ0v) is 15.9. The van der Waals surface area contributed by atoms with Crippen molar-refractivity contribution in [1.29, 1.82) is 0 Å². The van der Waals surface area contributed by atoms with Gasteiger partial charge in [-0.05, 0) is 67.8 Å². The van der Waals surface area contributed by atoms with Crippen molar-refractivity contribution in [2.45, 2.75) is 32.6 Å². The lowest BCUT2D eigenvalue weighted by molar-refractivity contribution is 0.653. The lowest BCUT2D eigenvalue weighted by Gasteiger charge is -2.10. The molecule has 0 aliphatic heterocycles. The van der Waals surface area contributed by atoms with Crippen LogP contribution in [0.15, 0.2) is 47.0 Å². The summed E-state index contributed by atoms with van der Waals surface area (Å²) in [6.45, 7) is 1.99. The largest absolute Gasteiger partial charge is 0.437 e. The van der Waals surface area contributed by atoms with Gasteiger partial charge in [0, 0.05) is 33.1 Å². The minimum absolute atomic E-state index is 0.700. The second kappa shape index (κ2) is 5.64. The average Bonchev–Trinajstić information content (AvgIpc) is 3.24. The number of benzene rings is 1. The van der Waals surface area contributed by atoms with E-state index in [2.05, 4.69) is 35.3 Å². The SMILES string of the molecule is Cc1ccc2c(n1)oc1c(-c3cc4c5c(sc4cn3)CCCC5)cccc12. The molecule has 1 aliphatic carbocycles. The Morgan fingerprint density at radius 1 is 1.00 bits per heavy atom. The number of fused-ring (bicyclic) bond motifs is 6. The molecule has 0 amide bonds. The highest BCUT2D eigenvalue weighted by atomic mass is 32.1. The van der Waals surface area contributed by atoms with Crippen LogP contribution in [0, 0.1) is 6.92 Å². The third-order valence-electron chi connectivity index (χ3n) is 5.62. The normalized spacial score (nSPS) is 14.3. The molecule has 0 spiro atoms. The molecule has 4 heteroatoms. The van der Waals surface area contributed by atoms with E-state index < -0.39 is 0 Å². The average molecular weight is 370 g/mol. The Balaban J connectivity index is 1.62. The minimum Gasteiger partial charge on any atom is -0.437 e. The standard InChI is InChI=1S/C23H18N2OS/c1-13-9-10-16-15-6-4-7-17(22(15)26-23(16)25-13)19-11-18-14-5-2-3-8-20(14)27-21(18)12-24-19/h4,6-7,9-12H,2-3,5,8H2,1H3. The quantitative estimate of drug-likeness (QED) is 0.340. The van der Waals surface area contributed by atoms with Gasteiger partial charge >= 0.3 is 0 Å². The third-order valence-corrected chi connectivity index (χ3v) is 6.86. The fourth-order valence-corrected chi connectivity index (χ4v) is 5.53. The molecule has 27 heavy (non-hydrogen) atoms. The molecular weight excluding hydrogens is 352 g/mol. The van der Waals surface area contributed by atoms with Gasteiger partial charge in [-0.15, -0.1) is 11.3 Å². The van der Waals surface area contributed by atoms with Gasteiger partial charge in [0.15, 0.2) is 0 Å². The molecule has 0 bridgehead atoms. The monoisotopic (exact) mass is 370 g/mol. The first kappa shape index (κ1) is 15.3. The number of furan rings is 1. The Hall–Kier alpha value is -2.72. The summed E-state index contributed by atoms with van der Waals surface area (Å²) in [6, 6.07) is 12.7. The molecule has 6 rings (SSSR count). The summed E-state index contributed by atoms with van der Waals surface area (Å²) < 4.78 is 7.48. The van der Waals surface area contributed by atoms with E-state index in [1.165, 1.54) is 35.8 Å². The Kier molecular flexibility index (Phi) is 3.20. The van der Waals surface area contributed by atoms with Gasteiger partial charge in [0.2, 0.25) is 5.71 Å². The molecule has 4 aromatic heterocycles. The maximum absolute atomic E-state index is 6.18. The van der Waals surface area contributed by atoms with Gasteiger partial charge in [-0.1, -0.05) is 12.1 Å². The fraction of sp³-hybridized carbons (Fsp3) is 0.217. The van der Waals surface area contributed by atoms with Gasteiger partial charge in [-0.25, -0.2) is 4.98 Å². The fourth-order valence-electron chi connectivity index (χ4n) is 4.29. The van der Waals surface area contributed by atoms with Gasteiger partial charge < -0.3 is 4.42 Å². The molecule has 0 unspecified atom stereocenters. The molecule has 0 fully saturated rings. The predicted molar refractivity (Wildman–Crippen MR) is 112 cm³/mol. The Morgan fingerprint density at radius 2 is 1.93 bits per heavy atom. The lowest BCUT2D eigenvalue weighted by Crippen LogP contribution is -1.97. The maximum atomic E-state index is 6.18. The van der Waals surface area contributed by atoms with Crippen LogP contribution in [0.5, 0.6) is 0 Å². The number of nitrogens with zero attached hydrogens (tertiary/aromatic N) is 2. The smallest absolute Gasteiger partial charge is 0.227 e. The van der Waals surface area contributed by atoms with E-state index in [0.717, 1.165) is 33.3 Å². The molecule has 4 heterocycles. The summed E-state index contributed by atoms with van der Waals surface area (Å²) >= 11 is 1.92. The van der Waals surface area contributed by atoms with Crippen LogP contribution in [-0.2, 0) is 12.8 Å². The van der Waals surface area contributed by atoms with Crippen LogP contribution in [-0.4, -0.2) is 9.97 Å². The van der Waals surface area contributed by atoms with Gasteiger partial charge in [0.1, 0.15) is 5.58 Å². The van der Waals surface area contributed by atoms with Crippen molar-refractivity contribution in [3.8, 4) is 11.3 Å². The number of thiophene rings is 1. The van der Waals surface area contributed by atoms with Gasteiger partial charge in [0.05, 0.1) is 10.4 Å². The highest BCUT2D eigenvalue weighted by Gasteiger charge is 2.18. The van der Waals surface area contributed by atoms with Crippen molar-refractivity contribution in [2.24, 2.45) is 0 Å². The van der Waals surface area contributed by atoms with E-state index in [0.29, 0.717) is 5.71 Å². The molecule has 1 aliphatic rings. The molecule has 132 valence electrons. The molecule has 0 saturated heterocycles. The topological polar surface area (TPSA) is 38.9 Å². The zero-order chi connectivity index (χ0) is 18.0. The number of rotatable bonds is 1. The van der Waals surface area contributed by atoms with Crippen LogP contribution < -0.4 is 0 Å². The van der Waals surface area contributed by atoms with Crippen LogP contribution in [0.2, 0.25) is 0 Å². The molecule has 1 aromatic carbocycles. The van der Waals surface area contributed by atoms with Crippen molar-refractivity contribution in [1.82, 2.24) is 9.97 Å². The number of hydrogen-bond donors (Lipinski definition) is 0. The van der Waals surface area contributed by atoms with E-state index in [4.69, 9.17) is 9.40 Å². The summed E-state index contributed by atoms with van der Waals surface area (Å²) in [5.74, 6) is 0. The Bertz CT molecular complexity index is 1350. The Labute approximate surface area is 160 Å². The van der Waals surface area contributed by atoms with E-state index >= 15 is 0 Å². The third kappa shape index (κ3) is 2.26. The van der Waals surface area contributed by atoms with E-state index in [9.17, 15) is 0 Å². The van der Waals surface area contributed by atoms with E-state index in [-0.39, 0.29) is 0 Å². The second-order valence-electron chi connectivity index (χ2n) is 7.37. The summed E-state index contributed by atoms with van der Waals surface area (Å²) in [6.07, 6.45) is 7.05. The first-order chi connectivity index (χ1) is 13.3. The van der Waals surface area contributed by atoms with Gasteiger partial charge in [0.25, 0.3) is 0 Å².